The third kappa shape index (κ3) is 4.15. The second kappa shape index (κ2) is 7.84. The van der Waals surface area contributed by atoms with Gasteiger partial charge in [0.2, 0.25) is 10.0 Å². The number of carbonyl (C=O) groups is 1. The van der Waals surface area contributed by atoms with Gasteiger partial charge in [-0.15, -0.1) is 0 Å². The van der Waals surface area contributed by atoms with Crippen LogP contribution < -0.4 is 14.8 Å². The number of rotatable bonds is 5. The van der Waals surface area contributed by atoms with E-state index in [2.05, 4.69) is 10.0 Å². The number of amides is 1. The lowest BCUT2D eigenvalue weighted by molar-refractivity contribution is 0.102. The summed E-state index contributed by atoms with van der Waals surface area (Å²) < 4.78 is 59.2. The first-order valence-corrected chi connectivity index (χ1v) is 10.3. The highest BCUT2D eigenvalue weighted by Gasteiger charge is 2.30. The molecule has 0 aromatic heterocycles. The number of carbonyl (C=O) groups excluding carboxylic acids is 1. The summed E-state index contributed by atoms with van der Waals surface area (Å²) in [6, 6.07) is 7.34. The Labute approximate surface area is 162 Å². The fourth-order valence-corrected chi connectivity index (χ4v) is 3.75. The van der Waals surface area contributed by atoms with Crippen LogP contribution in [0.3, 0.4) is 0 Å². The Morgan fingerprint density at radius 3 is 2.61 bits per heavy atom. The van der Waals surface area contributed by atoms with E-state index in [0.717, 1.165) is 12.1 Å². The van der Waals surface area contributed by atoms with Gasteiger partial charge in [0.1, 0.15) is 5.75 Å². The molecule has 1 amide bonds. The molecule has 0 saturated heterocycles. The molecule has 2 N–H and O–H groups in total. The molecule has 2 aromatic rings. The Morgan fingerprint density at radius 2 is 1.93 bits per heavy atom. The van der Waals surface area contributed by atoms with Crippen molar-refractivity contribution in [3.05, 3.63) is 59.2 Å². The van der Waals surface area contributed by atoms with Crippen molar-refractivity contribution in [2.45, 2.75) is 31.6 Å². The normalized spacial score (nSPS) is 16.4. The van der Waals surface area contributed by atoms with E-state index < -0.39 is 38.9 Å². The van der Waals surface area contributed by atoms with Crippen molar-refractivity contribution in [1.29, 1.82) is 0 Å². The zero-order valence-electron chi connectivity index (χ0n) is 15.3. The number of hydrogen-bond acceptors (Lipinski definition) is 4. The van der Waals surface area contributed by atoms with E-state index >= 15 is 0 Å². The van der Waals surface area contributed by atoms with Crippen LogP contribution in [0.2, 0.25) is 0 Å². The van der Waals surface area contributed by atoms with Gasteiger partial charge in [-0.1, -0.05) is 12.1 Å². The van der Waals surface area contributed by atoms with Gasteiger partial charge in [-0.25, -0.2) is 21.9 Å². The van der Waals surface area contributed by atoms with Gasteiger partial charge in [0, 0.05) is 23.7 Å². The zero-order chi connectivity index (χ0) is 20.5. The molecule has 0 spiro atoms. The number of halogens is 2. The number of nitrogens with one attached hydrogen (secondary N) is 2. The summed E-state index contributed by atoms with van der Waals surface area (Å²) in [7, 11) is -3.51. The number of sulfonamides is 1. The van der Waals surface area contributed by atoms with Crippen molar-refractivity contribution in [2.24, 2.45) is 0 Å². The van der Waals surface area contributed by atoms with Crippen LogP contribution in [0, 0.1) is 11.6 Å². The van der Waals surface area contributed by atoms with Crippen molar-refractivity contribution in [1.82, 2.24) is 4.72 Å². The number of fused-ring (bicyclic) bond motifs is 1. The lowest BCUT2D eigenvalue weighted by atomic mass is 9.98. The fraction of sp³-hybridized carbons (Fsp3) is 0.316. The van der Waals surface area contributed by atoms with E-state index in [9.17, 15) is 22.0 Å². The van der Waals surface area contributed by atoms with Gasteiger partial charge < -0.3 is 10.1 Å². The highest BCUT2D eigenvalue weighted by atomic mass is 32.2. The summed E-state index contributed by atoms with van der Waals surface area (Å²) in [5.74, 6) is -2.40. The maximum absolute atomic E-state index is 13.4. The average molecular weight is 410 g/mol. The molecule has 3 rings (SSSR count). The van der Waals surface area contributed by atoms with Crippen molar-refractivity contribution in [3.8, 4) is 5.75 Å². The maximum Gasteiger partial charge on any atom is 0.259 e. The minimum absolute atomic E-state index is 0.0920. The van der Waals surface area contributed by atoms with E-state index in [4.69, 9.17) is 4.74 Å². The summed E-state index contributed by atoms with van der Waals surface area (Å²) in [4.78, 5) is 12.6. The quantitative estimate of drug-likeness (QED) is 0.792. The first-order chi connectivity index (χ1) is 13.2. The molecule has 0 radical (unpaired) electrons. The van der Waals surface area contributed by atoms with Crippen molar-refractivity contribution < 1.29 is 26.7 Å². The van der Waals surface area contributed by atoms with Gasteiger partial charge in [0.15, 0.2) is 11.6 Å². The first kappa shape index (κ1) is 20.2. The summed E-state index contributed by atoms with van der Waals surface area (Å²) >= 11 is 0. The van der Waals surface area contributed by atoms with Crippen molar-refractivity contribution in [3.63, 3.8) is 0 Å². The zero-order valence-corrected chi connectivity index (χ0v) is 16.1. The van der Waals surface area contributed by atoms with Crippen LogP contribution in [0.25, 0.3) is 0 Å². The SMILES string of the molecule is CC(C)S(=O)(=O)NC1CCOc2c(C(=O)Nc3ccc(F)c(F)c3)cccc21. The Hall–Kier alpha value is -2.52. The van der Waals surface area contributed by atoms with Crippen LogP contribution in [-0.2, 0) is 10.0 Å². The van der Waals surface area contributed by atoms with Crippen LogP contribution >= 0.6 is 0 Å². The molecule has 1 aliphatic heterocycles. The average Bonchev–Trinajstić information content (AvgIpc) is 2.64. The molecule has 6 nitrogen and oxygen atoms in total. The first-order valence-electron chi connectivity index (χ1n) is 8.72. The molecule has 2 aromatic carbocycles. The maximum atomic E-state index is 13.4. The predicted octanol–water partition coefficient (Wildman–Crippen LogP) is 3.37. The predicted molar refractivity (Wildman–Crippen MR) is 101 cm³/mol. The van der Waals surface area contributed by atoms with Gasteiger partial charge in [-0.2, -0.15) is 0 Å². The minimum atomic E-state index is -3.51. The molecule has 0 bridgehead atoms. The number of benzene rings is 2. The van der Waals surface area contributed by atoms with Gasteiger partial charge in [-0.3, -0.25) is 4.79 Å². The number of anilines is 1. The number of para-hydroxylation sites is 1. The molecule has 0 fully saturated rings. The van der Waals surface area contributed by atoms with E-state index in [0.29, 0.717) is 12.0 Å². The Balaban J connectivity index is 1.89. The second-order valence-corrected chi connectivity index (χ2v) is 8.98. The van der Waals surface area contributed by atoms with E-state index in [1.807, 2.05) is 0 Å². The van der Waals surface area contributed by atoms with E-state index in [1.165, 1.54) is 12.1 Å². The van der Waals surface area contributed by atoms with Crippen LogP contribution in [0.4, 0.5) is 14.5 Å². The molecular formula is C19H20F2N2O4S. The number of ether oxygens (including phenoxy) is 1. The molecule has 9 heteroatoms. The Bertz CT molecular complexity index is 1010. The summed E-state index contributed by atoms with van der Waals surface area (Å²) in [5.41, 5.74) is 0.818. The largest absolute Gasteiger partial charge is 0.492 e. The van der Waals surface area contributed by atoms with Gasteiger partial charge in [-0.05, 0) is 32.0 Å². The van der Waals surface area contributed by atoms with Gasteiger partial charge in [0.25, 0.3) is 5.91 Å². The lowest BCUT2D eigenvalue weighted by Crippen LogP contribution is -2.36. The highest BCUT2D eigenvalue weighted by Crippen LogP contribution is 2.36. The molecule has 1 aliphatic rings. The van der Waals surface area contributed by atoms with Crippen LogP contribution in [0.5, 0.6) is 5.75 Å². The molecular weight excluding hydrogens is 390 g/mol. The summed E-state index contributed by atoms with van der Waals surface area (Å²) in [6.45, 7) is 3.39. The molecule has 150 valence electrons. The van der Waals surface area contributed by atoms with Gasteiger partial charge in [0.05, 0.1) is 23.5 Å². The molecule has 0 aliphatic carbocycles. The number of hydrogen-bond donors (Lipinski definition) is 2. The molecule has 0 saturated carbocycles. The molecule has 28 heavy (non-hydrogen) atoms. The second-order valence-electron chi connectivity index (χ2n) is 6.71. The smallest absolute Gasteiger partial charge is 0.259 e. The highest BCUT2D eigenvalue weighted by molar-refractivity contribution is 7.90. The van der Waals surface area contributed by atoms with E-state index in [-0.39, 0.29) is 23.6 Å². The van der Waals surface area contributed by atoms with E-state index in [1.54, 1.807) is 26.0 Å². The lowest BCUT2D eigenvalue weighted by Gasteiger charge is -2.28. The molecule has 1 heterocycles. The standard InChI is InChI=1S/C19H20F2N2O4S/c1-11(2)28(25,26)23-17-8-9-27-18-13(17)4-3-5-14(18)19(24)22-12-6-7-15(20)16(21)10-12/h3-7,10-11,17,23H,8-9H2,1-2H3,(H,22,24). The Morgan fingerprint density at radius 1 is 1.18 bits per heavy atom. The molecule has 1 atom stereocenters. The minimum Gasteiger partial charge on any atom is -0.492 e. The third-order valence-corrected chi connectivity index (χ3v) is 6.28. The topological polar surface area (TPSA) is 84.5 Å². The van der Waals surface area contributed by atoms with Crippen molar-refractivity contribution >= 4 is 21.6 Å². The van der Waals surface area contributed by atoms with Gasteiger partial charge >= 0.3 is 0 Å². The fourth-order valence-electron chi connectivity index (χ4n) is 2.83. The van der Waals surface area contributed by atoms with Crippen LogP contribution in [0.15, 0.2) is 36.4 Å². The van der Waals surface area contributed by atoms with Crippen LogP contribution in [0.1, 0.15) is 42.2 Å². The summed E-state index contributed by atoms with van der Waals surface area (Å²) in [6.07, 6.45) is 0.424. The summed E-state index contributed by atoms with van der Waals surface area (Å²) in [5, 5.41) is 1.89. The third-order valence-electron chi connectivity index (χ3n) is 4.42. The monoisotopic (exact) mass is 410 g/mol. The molecule has 1 unspecified atom stereocenters. The Kier molecular flexibility index (Phi) is 5.66. The van der Waals surface area contributed by atoms with Crippen LogP contribution in [-0.4, -0.2) is 26.2 Å². The van der Waals surface area contributed by atoms with Crippen molar-refractivity contribution in [2.75, 3.05) is 11.9 Å².